The van der Waals surface area contributed by atoms with Gasteiger partial charge in [0.05, 0.1) is 5.56 Å². The Morgan fingerprint density at radius 3 is 2.64 bits per heavy atom. The molecule has 1 aliphatic carbocycles. The minimum atomic E-state index is -0.400. The van der Waals surface area contributed by atoms with E-state index in [9.17, 15) is 9.18 Å². The molecule has 1 aliphatic heterocycles. The van der Waals surface area contributed by atoms with E-state index >= 15 is 0 Å². The zero-order valence-corrected chi connectivity index (χ0v) is 14.4. The minimum Gasteiger partial charge on any atom is -0.469 e. The summed E-state index contributed by atoms with van der Waals surface area (Å²) in [5, 5.41) is 0. The molecule has 1 heterocycles. The molecule has 2 aliphatic rings. The number of fused-ring (bicyclic) bond motifs is 1. The van der Waals surface area contributed by atoms with Gasteiger partial charge >= 0.3 is 0 Å². The van der Waals surface area contributed by atoms with Crippen LogP contribution in [0.1, 0.15) is 52.7 Å². The number of ether oxygens (including phenoxy) is 1. The zero-order valence-electron chi connectivity index (χ0n) is 14.4. The summed E-state index contributed by atoms with van der Waals surface area (Å²) in [7, 11) is 0. The SMILES string of the molecule is Cc1c(Cc2ccccc2)cc2c(c1F)OCN(C1CCCC1)C2=O. The molecule has 0 atom stereocenters. The summed E-state index contributed by atoms with van der Waals surface area (Å²) in [5.74, 6) is -0.377. The van der Waals surface area contributed by atoms with Gasteiger partial charge in [-0.05, 0) is 48.9 Å². The molecule has 0 aromatic heterocycles. The van der Waals surface area contributed by atoms with Crippen molar-refractivity contribution in [2.75, 3.05) is 6.73 Å². The smallest absolute Gasteiger partial charge is 0.260 e. The number of benzene rings is 2. The molecule has 1 fully saturated rings. The molecule has 2 aromatic rings. The van der Waals surface area contributed by atoms with Gasteiger partial charge in [-0.1, -0.05) is 43.2 Å². The second kappa shape index (κ2) is 6.51. The number of halogens is 1. The Hall–Kier alpha value is -2.36. The van der Waals surface area contributed by atoms with Gasteiger partial charge in [-0.25, -0.2) is 4.39 Å². The summed E-state index contributed by atoms with van der Waals surface area (Å²) in [4.78, 5) is 14.7. The van der Waals surface area contributed by atoms with E-state index in [-0.39, 0.29) is 24.4 Å². The predicted octanol–water partition coefficient (Wildman–Crippen LogP) is 4.46. The van der Waals surface area contributed by atoms with Crippen LogP contribution >= 0.6 is 0 Å². The average molecular weight is 339 g/mol. The Morgan fingerprint density at radius 2 is 1.92 bits per heavy atom. The van der Waals surface area contributed by atoms with Crippen LogP contribution in [0, 0.1) is 12.7 Å². The van der Waals surface area contributed by atoms with E-state index in [4.69, 9.17) is 4.74 Å². The van der Waals surface area contributed by atoms with Crippen LogP contribution in [0.2, 0.25) is 0 Å². The molecule has 1 amide bonds. The van der Waals surface area contributed by atoms with Crippen LogP contribution < -0.4 is 4.74 Å². The standard InChI is InChI=1S/C21H22FNO2/c1-14-16(11-15-7-3-2-4-8-15)12-18-20(19(14)22)25-13-23(21(18)24)17-9-5-6-10-17/h2-4,7-8,12,17H,5-6,9-11,13H2,1H3. The summed E-state index contributed by atoms with van der Waals surface area (Å²) in [6, 6.07) is 12.0. The summed E-state index contributed by atoms with van der Waals surface area (Å²) in [5.41, 5.74) is 2.87. The van der Waals surface area contributed by atoms with E-state index in [1.165, 1.54) is 0 Å². The number of carbonyl (C=O) groups excluding carboxylic acids is 1. The number of rotatable bonds is 3. The Kier molecular flexibility index (Phi) is 4.20. The molecule has 0 spiro atoms. The fourth-order valence-electron chi connectivity index (χ4n) is 3.91. The largest absolute Gasteiger partial charge is 0.469 e. The van der Waals surface area contributed by atoms with E-state index < -0.39 is 5.82 Å². The first kappa shape index (κ1) is 16.1. The number of hydrogen-bond donors (Lipinski definition) is 0. The Balaban J connectivity index is 1.70. The molecular formula is C21H22FNO2. The summed E-state index contributed by atoms with van der Waals surface area (Å²) >= 11 is 0. The van der Waals surface area contributed by atoms with Gasteiger partial charge in [0, 0.05) is 6.04 Å². The van der Waals surface area contributed by atoms with Crippen LogP contribution in [0.25, 0.3) is 0 Å². The maximum atomic E-state index is 14.8. The number of nitrogens with zero attached hydrogens (tertiary/aromatic N) is 1. The molecule has 0 bridgehead atoms. The lowest BCUT2D eigenvalue weighted by Gasteiger charge is -2.34. The lowest BCUT2D eigenvalue weighted by Crippen LogP contribution is -2.44. The number of amides is 1. The summed E-state index contributed by atoms with van der Waals surface area (Å²) in [6.45, 7) is 1.91. The molecule has 0 saturated heterocycles. The molecule has 130 valence electrons. The van der Waals surface area contributed by atoms with Crippen molar-refractivity contribution >= 4 is 5.91 Å². The first-order valence-corrected chi connectivity index (χ1v) is 8.95. The molecule has 0 radical (unpaired) electrons. The Morgan fingerprint density at radius 1 is 1.20 bits per heavy atom. The lowest BCUT2D eigenvalue weighted by atomic mass is 9.95. The van der Waals surface area contributed by atoms with Crippen LogP contribution in [0.3, 0.4) is 0 Å². The van der Waals surface area contributed by atoms with Crippen LogP contribution in [0.5, 0.6) is 5.75 Å². The van der Waals surface area contributed by atoms with Crippen LogP contribution in [-0.2, 0) is 6.42 Å². The van der Waals surface area contributed by atoms with Gasteiger partial charge in [0.25, 0.3) is 5.91 Å². The first-order chi connectivity index (χ1) is 12.1. The van der Waals surface area contributed by atoms with Gasteiger partial charge in [0.2, 0.25) is 0 Å². The van der Waals surface area contributed by atoms with Crippen molar-refractivity contribution in [3.63, 3.8) is 0 Å². The highest BCUT2D eigenvalue weighted by Crippen LogP contribution is 2.35. The molecule has 1 saturated carbocycles. The molecular weight excluding hydrogens is 317 g/mol. The van der Waals surface area contributed by atoms with Gasteiger partial charge in [-0.2, -0.15) is 0 Å². The molecule has 3 nitrogen and oxygen atoms in total. The molecule has 2 aromatic carbocycles. The molecule has 0 N–H and O–H groups in total. The maximum Gasteiger partial charge on any atom is 0.260 e. The molecule has 0 unspecified atom stereocenters. The fraction of sp³-hybridized carbons (Fsp3) is 0.381. The lowest BCUT2D eigenvalue weighted by molar-refractivity contribution is 0.0377. The molecule has 4 rings (SSSR count). The van der Waals surface area contributed by atoms with Crippen molar-refractivity contribution in [3.8, 4) is 5.75 Å². The van der Waals surface area contributed by atoms with Crippen molar-refractivity contribution in [2.45, 2.75) is 45.1 Å². The number of carbonyl (C=O) groups is 1. The van der Waals surface area contributed by atoms with Gasteiger partial charge in [-0.3, -0.25) is 4.79 Å². The van der Waals surface area contributed by atoms with Gasteiger partial charge < -0.3 is 9.64 Å². The third-order valence-corrected chi connectivity index (χ3v) is 5.42. The van der Waals surface area contributed by atoms with E-state index in [0.717, 1.165) is 36.8 Å². The highest BCUT2D eigenvalue weighted by molar-refractivity contribution is 5.98. The predicted molar refractivity (Wildman–Crippen MR) is 94.3 cm³/mol. The second-order valence-electron chi connectivity index (χ2n) is 7.00. The van der Waals surface area contributed by atoms with Gasteiger partial charge in [0.1, 0.15) is 0 Å². The normalized spacial score (nSPS) is 17.5. The Labute approximate surface area is 147 Å². The van der Waals surface area contributed by atoms with E-state index in [1.807, 2.05) is 36.4 Å². The topological polar surface area (TPSA) is 29.5 Å². The number of hydrogen-bond acceptors (Lipinski definition) is 2. The third-order valence-electron chi connectivity index (χ3n) is 5.42. The summed E-state index contributed by atoms with van der Waals surface area (Å²) in [6.07, 6.45) is 4.91. The van der Waals surface area contributed by atoms with E-state index in [1.54, 1.807) is 11.8 Å². The van der Waals surface area contributed by atoms with Crippen molar-refractivity contribution in [3.05, 3.63) is 64.5 Å². The first-order valence-electron chi connectivity index (χ1n) is 8.95. The zero-order chi connectivity index (χ0) is 17.4. The van der Waals surface area contributed by atoms with E-state index in [2.05, 4.69) is 0 Å². The van der Waals surface area contributed by atoms with Gasteiger partial charge in [0.15, 0.2) is 18.3 Å². The van der Waals surface area contributed by atoms with Crippen molar-refractivity contribution in [1.82, 2.24) is 4.90 Å². The van der Waals surface area contributed by atoms with Gasteiger partial charge in [-0.15, -0.1) is 0 Å². The molecule has 4 heteroatoms. The third kappa shape index (κ3) is 2.90. The van der Waals surface area contributed by atoms with Crippen LogP contribution in [0.4, 0.5) is 4.39 Å². The fourth-order valence-corrected chi connectivity index (χ4v) is 3.91. The second-order valence-corrected chi connectivity index (χ2v) is 7.00. The molecule has 25 heavy (non-hydrogen) atoms. The van der Waals surface area contributed by atoms with Crippen molar-refractivity contribution in [1.29, 1.82) is 0 Å². The van der Waals surface area contributed by atoms with Crippen molar-refractivity contribution < 1.29 is 13.9 Å². The van der Waals surface area contributed by atoms with Crippen LogP contribution in [-0.4, -0.2) is 23.6 Å². The maximum absolute atomic E-state index is 14.8. The van der Waals surface area contributed by atoms with Crippen molar-refractivity contribution in [2.24, 2.45) is 0 Å². The highest BCUT2D eigenvalue weighted by atomic mass is 19.1. The quantitative estimate of drug-likeness (QED) is 0.826. The van der Waals surface area contributed by atoms with Crippen LogP contribution in [0.15, 0.2) is 36.4 Å². The minimum absolute atomic E-state index is 0.0960. The highest BCUT2D eigenvalue weighted by Gasteiger charge is 2.35. The van der Waals surface area contributed by atoms with E-state index in [0.29, 0.717) is 17.5 Å². The Bertz CT molecular complexity index is 797. The summed E-state index contributed by atoms with van der Waals surface area (Å²) < 4.78 is 20.5. The average Bonchev–Trinajstić information content (AvgIpc) is 3.15. The monoisotopic (exact) mass is 339 g/mol.